The third kappa shape index (κ3) is 7.28. The molecule has 0 saturated carbocycles. The fourth-order valence-corrected chi connectivity index (χ4v) is 4.45. The summed E-state index contributed by atoms with van der Waals surface area (Å²) in [6.45, 7) is 6.38. The number of benzene rings is 2. The molecule has 34 heavy (non-hydrogen) atoms. The van der Waals surface area contributed by atoms with Crippen molar-refractivity contribution in [1.29, 1.82) is 0 Å². The monoisotopic (exact) mass is 462 g/mol. The SMILES string of the molecule is CCCCCCCCC(=O)Nc1ccc(C(=O)CC2=NC(C)(C)Cc3ccc(OC)cc32)cc1. The molecule has 1 N–H and O–H groups in total. The average molecular weight is 463 g/mol. The predicted octanol–water partition coefficient (Wildman–Crippen LogP) is 6.78. The second kappa shape index (κ2) is 12.0. The number of methoxy groups -OCH3 is 1. The first-order valence-corrected chi connectivity index (χ1v) is 12.5. The number of Topliss-reactive ketones (excluding diaryl/α,β-unsaturated/α-hetero) is 1. The molecular formula is C29H38N2O3. The number of nitrogens with zero attached hydrogens (tertiary/aromatic N) is 1. The van der Waals surface area contributed by atoms with Crippen molar-refractivity contribution >= 4 is 23.1 Å². The van der Waals surface area contributed by atoms with Gasteiger partial charge in [0.05, 0.1) is 24.8 Å². The standard InChI is InChI=1S/C29H38N2O3/c1-5-6-7-8-9-10-11-28(33)30-23-15-12-21(13-16-23)27(32)19-26-25-18-24(34-4)17-14-22(25)20-29(2,3)31-26/h12-18H,5-11,19-20H2,1-4H3,(H,30,33). The molecule has 182 valence electrons. The quantitative estimate of drug-likeness (QED) is 0.279. The van der Waals surface area contributed by atoms with Gasteiger partial charge in [0.15, 0.2) is 5.78 Å². The number of fused-ring (bicyclic) bond motifs is 1. The van der Waals surface area contributed by atoms with Gasteiger partial charge in [-0.3, -0.25) is 14.6 Å². The number of carbonyl (C=O) groups excluding carboxylic acids is 2. The van der Waals surface area contributed by atoms with E-state index in [2.05, 4.69) is 32.2 Å². The molecule has 1 aliphatic rings. The van der Waals surface area contributed by atoms with Gasteiger partial charge in [0.2, 0.25) is 5.91 Å². The molecule has 0 aliphatic carbocycles. The van der Waals surface area contributed by atoms with E-state index in [-0.39, 0.29) is 23.7 Å². The number of unbranched alkanes of at least 4 members (excludes halogenated alkanes) is 5. The van der Waals surface area contributed by atoms with E-state index in [0.29, 0.717) is 12.0 Å². The number of anilines is 1. The molecule has 0 spiro atoms. The Bertz CT molecular complexity index is 1020. The molecule has 0 fully saturated rings. The Morgan fingerprint density at radius 3 is 2.41 bits per heavy atom. The minimum atomic E-state index is -0.249. The van der Waals surface area contributed by atoms with Gasteiger partial charge >= 0.3 is 0 Å². The summed E-state index contributed by atoms with van der Waals surface area (Å²) < 4.78 is 5.39. The number of hydrogen-bond donors (Lipinski definition) is 1. The molecule has 0 bridgehead atoms. The summed E-state index contributed by atoms with van der Waals surface area (Å²) in [7, 11) is 1.64. The summed E-state index contributed by atoms with van der Waals surface area (Å²) in [5, 5.41) is 2.94. The molecule has 1 heterocycles. The average Bonchev–Trinajstić information content (AvgIpc) is 2.81. The van der Waals surface area contributed by atoms with Gasteiger partial charge in [-0.05, 0) is 68.7 Å². The van der Waals surface area contributed by atoms with Crippen LogP contribution in [-0.4, -0.2) is 30.1 Å². The number of rotatable bonds is 12. The van der Waals surface area contributed by atoms with Crippen LogP contribution in [-0.2, 0) is 11.2 Å². The fraction of sp³-hybridized carbons (Fsp3) is 0.483. The molecule has 0 unspecified atom stereocenters. The molecule has 1 aliphatic heterocycles. The highest BCUT2D eigenvalue weighted by Crippen LogP contribution is 2.31. The van der Waals surface area contributed by atoms with E-state index in [1.807, 2.05) is 12.1 Å². The number of carbonyl (C=O) groups is 2. The highest BCUT2D eigenvalue weighted by atomic mass is 16.5. The summed E-state index contributed by atoms with van der Waals surface area (Å²) in [5.41, 5.74) is 4.06. The summed E-state index contributed by atoms with van der Waals surface area (Å²) in [6, 6.07) is 13.2. The minimum Gasteiger partial charge on any atom is -0.497 e. The Balaban J connectivity index is 1.59. The smallest absolute Gasteiger partial charge is 0.224 e. The van der Waals surface area contributed by atoms with Gasteiger partial charge in [0.25, 0.3) is 0 Å². The van der Waals surface area contributed by atoms with Crippen LogP contribution in [0.15, 0.2) is 47.5 Å². The number of nitrogens with one attached hydrogen (secondary N) is 1. The van der Waals surface area contributed by atoms with Gasteiger partial charge in [-0.25, -0.2) is 0 Å². The maximum atomic E-state index is 13.1. The van der Waals surface area contributed by atoms with Crippen LogP contribution >= 0.6 is 0 Å². The van der Waals surface area contributed by atoms with Crippen LogP contribution < -0.4 is 10.1 Å². The number of ketones is 1. The van der Waals surface area contributed by atoms with Crippen molar-refractivity contribution in [3.8, 4) is 5.75 Å². The summed E-state index contributed by atoms with van der Waals surface area (Å²) >= 11 is 0. The van der Waals surface area contributed by atoms with Crippen molar-refractivity contribution in [3.63, 3.8) is 0 Å². The zero-order valence-corrected chi connectivity index (χ0v) is 21.1. The van der Waals surface area contributed by atoms with E-state index >= 15 is 0 Å². The van der Waals surface area contributed by atoms with Gasteiger partial charge in [0.1, 0.15) is 5.75 Å². The Morgan fingerprint density at radius 1 is 1.00 bits per heavy atom. The zero-order chi connectivity index (χ0) is 24.6. The van der Waals surface area contributed by atoms with E-state index in [9.17, 15) is 9.59 Å². The third-order valence-corrected chi connectivity index (χ3v) is 6.26. The lowest BCUT2D eigenvalue weighted by Gasteiger charge is -2.29. The van der Waals surface area contributed by atoms with Crippen LogP contribution in [0.5, 0.6) is 5.75 Å². The Kier molecular flexibility index (Phi) is 9.03. The molecule has 5 heteroatoms. The molecule has 5 nitrogen and oxygen atoms in total. The Morgan fingerprint density at radius 2 is 1.71 bits per heavy atom. The van der Waals surface area contributed by atoms with Crippen LogP contribution in [0, 0.1) is 0 Å². The van der Waals surface area contributed by atoms with E-state index in [1.54, 1.807) is 31.4 Å². The molecular weight excluding hydrogens is 424 g/mol. The lowest BCUT2D eigenvalue weighted by Crippen LogP contribution is -2.30. The molecule has 1 amide bonds. The first kappa shape index (κ1) is 25.7. The largest absolute Gasteiger partial charge is 0.497 e. The molecule has 2 aromatic rings. The number of amides is 1. The normalized spacial score (nSPS) is 14.2. The van der Waals surface area contributed by atoms with E-state index in [0.717, 1.165) is 42.0 Å². The van der Waals surface area contributed by atoms with Crippen molar-refractivity contribution in [2.24, 2.45) is 4.99 Å². The van der Waals surface area contributed by atoms with Gasteiger partial charge in [-0.2, -0.15) is 0 Å². The molecule has 0 radical (unpaired) electrons. The first-order valence-electron chi connectivity index (χ1n) is 12.5. The lowest BCUT2D eigenvalue weighted by molar-refractivity contribution is -0.116. The molecule has 0 atom stereocenters. The van der Waals surface area contributed by atoms with Crippen molar-refractivity contribution in [3.05, 3.63) is 59.2 Å². The Hall–Kier alpha value is -2.95. The van der Waals surface area contributed by atoms with Crippen LogP contribution in [0.1, 0.15) is 93.6 Å². The second-order valence-electron chi connectivity index (χ2n) is 9.81. The Labute approximate surface area is 204 Å². The van der Waals surface area contributed by atoms with Gasteiger partial charge in [0, 0.05) is 23.2 Å². The molecule has 0 saturated heterocycles. The third-order valence-electron chi connectivity index (χ3n) is 6.26. The maximum absolute atomic E-state index is 13.1. The summed E-state index contributed by atoms with van der Waals surface area (Å²) in [6.07, 6.45) is 8.54. The van der Waals surface area contributed by atoms with Crippen molar-refractivity contribution < 1.29 is 14.3 Å². The van der Waals surface area contributed by atoms with E-state index < -0.39 is 0 Å². The zero-order valence-electron chi connectivity index (χ0n) is 21.1. The predicted molar refractivity (Wildman–Crippen MR) is 139 cm³/mol. The van der Waals surface area contributed by atoms with E-state index in [1.165, 1.54) is 31.2 Å². The van der Waals surface area contributed by atoms with Gasteiger partial charge in [-0.1, -0.05) is 45.1 Å². The van der Waals surface area contributed by atoms with Crippen molar-refractivity contribution in [2.45, 2.75) is 84.1 Å². The number of aliphatic imine (C=N–C) groups is 1. The fourth-order valence-electron chi connectivity index (χ4n) is 4.45. The second-order valence-corrected chi connectivity index (χ2v) is 9.81. The van der Waals surface area contributed by atoms with Crippen LogP contribution in [0.2, 0.25) is 0 Å². The molecule has 2 aromatic carbocycles. The van der Waals surface area contributed by atoms with Crippen LogP contribution in [0.25, 0.3) is 0 Å². The highest BCUT2D eigenvalue weighted by molar-refractivity contribution is 6.17. The van der Waals surface area contributed by atoms with Crippen LogP contribution in [0.3, 0.4) is 0 Å². The molecule has 0 aromatic heterocycles. The minimum absolute atomic E-state index is 0.00942. The van der Waals surface area contributed by atoms with Gasteiger partial charge < -0.3 is 10.1 Å². The number of ether oxygens (including phenoxy) is 1. The van der Waals surface area contributed by atoms with Crippen molar-refractivity contribution in [1.82, 2.24) is 0 Å². The maximum Gasteiger partial charge on any atom is 0.224 e. The van der Waals surface area contributed by atoms with Crippen LogP contribution in [0.4, 0.5) is 5.69 Å². The lowest BCUT2D eigenvalue weighted by atomic mass is 9.85. The summed E-state index contributed by atoms with van der Waals surface area (Å²) in [5.74, 6) is 0.800. The highest BCUT2D eigenvalue weighted by Gasteiger charge is 2.28. The van der Waals surface area contributed by atoms with Crippen molar-refractivity contribution in [2.75, 3.05) is 12.4 Å². The van der Waals surface area contributed by atoms with Gasteiger partial charge in [-0.15, -0.1) is 0 Å². The topological polar surface area (TPSA) is 67.8 Å². The summed E-state index contributed by atoms with van der Waals surface area (Å²) in [4.78, 5) is 30.2. The van der Waals surface area contributed by atoms with E-state index in [4.69, 9.17) is 9.73 Å². The molecule has 3 rings (SSSR count). The number of hydrogen-bond acceptors (Lipinski definition) is 4. The first-order chi connectivity index (χ1) is 16.3.